The maximum absolute atomic E-state index is 13.2. The molecule has 1 aliphatic rings. The Morgan fingerprint density at radius 2 is 2.04 bits per heavy atom. The Balaban J connectivity index is 1.69. The summed E-state index contributed by atoms with van der Waals surface area (Å²) in [5.41, 5.74) is 1.66. The topological polar surface area (TPSA) is 73.4 Å². The van der Waals surface area contributed by atoms with Crippen LogP contribution in [-0.4, -0.2) is 42.1 Å². The third-order valence-corrected chi connectivity index (χ3v) is 3.83. The van der Waals surface area contributed by atoms with E-state index in [1.165, 1.54) is 12.1 Å². The van der Waals surface area contributed by atoms with Crippen molar-refractivity contribution in [2.75, 3.05) is 31.1 Å². The van der Waals surface area contributed by atoms with Crippen molar-refractivity contribution < 1.29 is 13.7 Å². The van der Waals surface area contributed by atoms with E-state index < -0.39 is 5.82 Å². The van der Waals surface area contributed by atoms with Crippen LogP contribution in [-0.2, 0) is 0 Å². The molecule has 0 bridgehead atoms. The minimum absolute atomic E-state index is 0.190. The van der Waals surface area contributed by atoms with E-state index in [2.05, 4.69) is 5.16 Å². The molecule has 0 atom stereocenters. The second-order valence-electron chi connectivity index (χ2n) is 5.39. The fourth-order valence-corrected chi connectivity index (χ4v) is 2.64. The Hall–Kier alpha value is -2.88. The van der Waals surface area contributed by atoms with Gasteiger partial charge < -0.3 is 14.3 Å². The van der Waals surface area contributed by atoms with E-state index in [4.69, 9.17) is 9.78 Å². The lowest BCUT2D eigenvalue weighted by atomic mass is 10.1. The highest BCUT2D eigenvalue weighted by Crippen LogP contribution is 2.23. The largest absolute Gasteiger partial charge is 0.367 e. The first-order valence-electron chi connectivity index (χ1n) is 7.25. The third kappa shape index (κ3) is 3.01. The summed E-state index contributed by atoms with van der Waals surface area (Å²) in [6, 6.07) is 7.79. The Morgan fingerprint density at radius 3 is 2.65 bits per heavy atom. The SMILES string of the molecule is Cc1cc(C(=O)N2CCN(c3ccc(F)cc3C#N)CC2)on1. The lowest BCUT2D eigenvalue weighted by Crippen LogP contribution is -2.49. The molecule has 6 nitrogen and oxygen atoms in total. The molecule has 0 unspecified atom stereocenters. The first-order valence-corrected chi connectivity index (χ1v) is 7.25. The van der Waals surface area contributed by atoms with Crippen LogP contribution in [0.5, 0.6) is 0 Å². The van der Waals surface area contributed by atoms with Crippen molar-refractivity contribution in [3.05, 3.63) is 47.1 Å². The molecule has 0 spiro atoms. The van der Waals surface area contributed by atoms with Gasteiger partial charge in [0.2, 0.25) is 5.76 Å². The number of rotatable bonds is 2. The number of aryl methyl sites for hydroxylation is 1. The normalized spacial score (nSPS) is 14.7. The monoisotopic (exact) mass is 314 g/mol. The quantitative estimate of drug-likeness (QED) is 0.847. The van der Waals surface area contributed by atoms with E-state index in [9.17, 15) is 9.18 Å². The van der Waals surface area contributed by atoms with Crippen LogP contribution in [0.3, 0.4) is 0 Å². The predicted molar refractivity (Wildman–Crippen MR) is 80.5 cm³/mol. The van der Waals surface area contributed by atoms with Gasteiger partial charge in [-0.15, -0.1) is 0 Å². The van der Waals surface area contributed by atoms with Crippen LogP contribution >= 0.6 is 0 Å². The molecule has 118 valence electrons. The van der Waals surface area contributed by atoms with Gasteiger partial charge in [0.25, 0.3) is 5.91 Å². The zero-order chi connectivity index (χ0) is 16.4. The molecule has 0 N–H and O–H groups in total. The summed E-state index contributed by atoms with van der Waals surface area (Å²) in [6.07, 6.45) is 0. The minimum Gasteiger partial charge on any atom is -0.367 e. The molecular weight excluding hydrogens is 299 g/mol. The van der Waals surface area contributed by atoms with Gasteiger partial charge in [-0.2, -0.15) is 5.26 Å². The number of aromatic nitrogens is 1. The van der Waals surface area contributed by atoms with E-state index >= 15 is 0 Å². The van der Waals surface area contributed by atoms with Crippen molar-refractivity contribution in [1.29, 1.82) is 5.26 Å². The number of piperazine rings is 1. The number of hydrogen-bond donors (Lipinski definition) is 0. The highest BCUT2D eigenvalue weighted by molar-refractivity contribution is 5.91. The molecule has 2 aromatic rings. The number of nitriles is 1. The van der Waals surface area contributed by atoms with E-state index in [-0.39, 0.29) is 11.7 Å². The van der Waals surface area contributed by atoms with E-state index in [0.29, 0.717) is 43.1 Å². The van der Waals surface area contributed by atoms with Gasteiger partial charge >= 0.3 is 0 Å². The van der Waals surface area contributed by atoms with Gasteiger partial charge in [-0.1, -0.05) is 5.16 Å². The Bertz CT molecular complexity index is 773. The highest BCUT2D eigenvalue weighted by Gasteiger charge is 2.25. The van der Waals surface area contributed by atoms with Crippen LogP contribution in [0.2, 0.25) is 0 Å². The van der Waals surface area contributed by atoms with Crippen LogP contribution in [0.15, 0.2) is 28.8 Å². The van der Waals surface area contributed by atoms with E-state index in [1.807, 2.05) is 11.0 Å². The number of amides is 1. The van der Waals surface area contributed by atoms with Gasteiger partial charge in [0.05, 0.1) is 16.9 Å². The molecular formula is C16H15FN4O2. The van der Waals surface area contributed by atoms with Crippen molar-refractivity contribution in [2.45, 2.75) is 6.92 Å². The van der Waals surface area contributed by atoms with Crippen molar-refractivity contribution in [1.82, 2.24) is 10.1 Å². The molecule has 0 radical (unpaired) electrons. The molecule has 1 saturated heterocycles. The molecule has 2 heterocycles. The van der Waals surface area contributed by atoms with Crippen LogP contribution in [0.1, 0.15) is 21.8 Å². The smallest absolute Gasteiger partial charge is 0.292 e. The van der Waals surface area contributed by atoms with Crippen LogP contribution in [0.4, 0.5) is 10.1 Å². The predicted octanol–water partition coefficient (Wildman–Crippen LogP) is 1.96. The maximum Gasteiger partial charge on any atom is 0.292 e. The lowest BCUT2D eigenvalue weighted by Gasteiger charge is -2.36. The van der Waals surface area contributed by atoms with Crippen LogP contribution < -0.4 is 4.90 Å². The second kappa shape index (κ2) is 6.08. The van der Waals surface area contributed by atoms with Gasteiger partial charge in [-0.3, -0.25) is 4.79 Å². The molecule has 1 aliphatic heterocycles. The number of halogens is 1. The number of carbonyl (C=O) groups excluding carboxylic acids is 1. The molecule has 7 heteroatoms. The molecule has 1 fully saturated rings. The second-order valence-corrected chi connectivity index (χ2v) is 5.39. The molecule has 23 heavy (non-hydrogen) atoms. The van der Waals surface area contributed by atoms with Gasteiger partial charge in [0.15, 0.2) is 0 Å². The maximum atomic E-state index is 13.2. The minimum atomic E-state index is -0.431. The number of benzene rings is 1. The lowest BCUT2D eigenvalue weighted by molar-refractivity contribution is 0.0704. The Morgan fingerprint density at radius 1 is 1.30 bits per heavy atom. The van der Waals surface area contributed by atoms with E-state index in [0.717, 1.165) is 0 Å². The zero-order valence-electron chi connectivity index (χ0n) is 12.6. The third-order valence-electron chi connectivity index (χ3n) is 3.83. The summed E-state index contributed by atoms with van der Waals surface area (Å²) in [4.78, 5) is 16.0. The summed E-state index contributed by atoms with van der Waals surface area (Å²) in [7, 11) is 0. The molecule has 1 aromatic carbocycles. The average molecular weight is 314 g/mol. The summed E-state index contributed by atoms with van der Waals surface area (Å²) >= 11 is 0. The highest BCUT2D eigenvalue weighted by atomic mass is 19.1. The Labute approximate surface area is 132 Å². The molecule has 3 rings (SSSR count). The van der Waals surface area contributed by atoms with Gasteiger partial charge in [-0.25, -0.2) is 4.39 Å². The van der Waals surface area contributed by atoms with Crippen molar-refractivity contribution in [3.63, 3.8) is 0 Å². The van der Waals surface area contributed by atoms with Gasteiger partial charge in [0.1, 0.15) is 11.9 Å². The van der Waals surface area contributed by atoms with Crippen molar-refractivity contribution in [3.8, 4) is 6.07 Å². The van der Waals surface area contributed by atoms with Crippen LogP contribution in [0, 0.1) is 24.1 Å². The van der Waals surface area contributed by atoms with Crippen molar-refractivity contribution in [2.24, 2.45) is 0 Å². The molecule has 0 aliphatic carbocycles. The number of anilines is 1. The van der Waals surface area contributed by atoms with Gasteiger partial charge in [0, 0.05) is 32.2 Å². The fourth-order valence-electron chi connectivity index (χ4n) is 2.64. The Kier molecular flexibility index (Phi) is 3.98. The average Bonchev–Trinajstić information content (AvgIpc) is 3.00. The summed E-state index contributed by atoms with van der Waals surface area (Å²) < 4.78 is 18.2. The zero-order valence-corrected chi connectivity index (χ0v) is 12.6. The van der Waals surface area contributed by atoms with E-state index in [1.54, 1.807) is 24.0 Å². The summed E-state index contributed by atoms with van der Waals surface area (Å²) in [5, 5.41) is 12.9. The first kappa shape index (κ1) is 15.0. The molecule has 1 amide bonds. The van der Waals surface area contributed by atoms with Crippen molar-refractivity contribution >= 4 is 11.6 Å². The van der Waals surface area contributed by atoms with Crippen LogP contribution in [0.25, 0.3) is 0 Å². The fraction of sp³-hybridized carbons (Fsp3) is 0.312. The number of nitrogens with zero attached hydrogens (tertiary/aromatic N) is 4. The summed E-state index contributed by atoms with van der Waals surface area (Å²) in [5.74, 6) is -0.389. The molecule has 0 saturated carbocycles. The first-order chi connectivity index (χ1) is 11.1. The molecule has 1 aromatic heterocycles. The van der Waals surface area contributed by atoms with Gasteiger partial charge in [-0.05, 0) is 25.1 Å². The standard InChI is InChI=1S/C16H15FN4O2/c1-11-8-15(23-19-11)16(22)21-6-4-20(5-7-21)14-3-2-13(17)9-12(14)10-18/h2-3,8-9H,4-7H2,1H3. The summed E-state index contributed by atoms with van der Waals surface area (Å²) in [6.45, 7) is 3.90. The number of carbonyl (C=O) groups is 1. The number of hydrogen-bond acceptors (Lipinski definition) is 5.